The minimum Gasteiger partial charge on any atom is -0.410 e. The molecular formula is C13H25FNO2PSi. The number of fused-ring (bicyclic) bond motifs is 1. The summed E-state index contributed by atoms with van der Waals surface area (Å²) in [5.74, 6) is 0.0895. The quantitative estimate of drug-likeness (QED) is 0.593. The summed E-state index contributed by atoms with van der Waals surface area (Å²) in [5.41, 5.74) is -0.368. The molecule has 0 aromatic carbocycles. The van der Waals surface area contributed by atoms with Gasteiger partial charge in [0.15, 0.2) is 0 Å². The zero-order valence-electron chi connectivity index (χ0n) is 12.3. The van der Waals surface area contributed by atoms with Crippen LogP contribution >= 0.6 is 8.79 Å². The zero-order valence-corrected chi connectivity index (χ0v) is 14.5. The van der Waals surface area contributed by atoms with Gasteiger partial charge >= 0.3 is 0 Å². The average molecular weight is 305 g/mol. The molecule has 6 heteroatoms. The van der Waals surface area contributed by atoms with E-state index in [0.29, 0.717) is 19.4 Å². The van der Waals surface area contributed by atoms with Crippen LogP contribution in [0.5, 0.6) is 0 Å². The van der Waals surface area contributed by atoms with Crippen LogP contribution in [0.15, 0.2) is 0 Å². The van der Waals surface area contributed by atoms with Crippen molar-refractivity contribution in [2.75, 3.05) is 13.2 Å². The molecule has 2 aliphatic rings. The SMILES string of the molecule is CC(C)(C)[Si](C)(P)OC[C@@]12CCC(=O)N1C[C@H](F)C2. The Balaban J connectivity index is 2.08. The second-order valence-electron chi connectivity index (χ2n) is 7.18. The molecule has 2 saturated heterocycles. The van der Waals surface area contributed by atoms with Gasteiger partial charge in [-0.3, -0.25) is 4.79 Å². The Bertz CT molecular complexity index is 385. The van der Waals surface area contributed by atoms with Gasteiger partial charge in [0, 0.05) is 12.8 Å². The van der Waals surface area contributed by atoms with Crippen LogP contribution in [-0.4, -0.2) is 43.7 Å². The monoisotopic (exact) mass is 305 g/mol. The Hall–Kier alpha value is 0.00688. The Labute approximate surface area is 118 Å². The standard InChI is InChI=1S/C13H25FNO2PSi/c1-12(2,3)19(4,18)17-9-13-6-5-11(16)15(13)8-10(14)7-13/h10H,5-9,18H2,1-4H3/t10-,13+,19?/m1/s1. The molecule has 4 atom stereocenters. The molecular weight excluding hydrogens is 280 g/mol. The highest BCUT2D eigenvalue weighted by Gasteiger charge is 2.53. The molecule has 2 unspecified atom stereocenters. The number of alkyl halides is 1. The highest BCUT2D eigenvalue weighted by molar-refractivity contribution is 7.67. The summed E-state index contributed by atoms with van der Waals surface area (Å²) in [6.45, 7) is 9.43. The fraction of sp³-hybridized carbons (Fsp3) is 0.923. The van der Waals surface area contributed by atoms with Gasteiger partial charge in [0.05, 0.1) is 18.7 Å². The van der Waals surface area contributed by atoms with Crippen molar-refractivity contribution in [3.63, 3.8) is 0 Å². The predicted octanol–water partition coefficient (Wildman–Crippen LogP) is 2.85. The molecule has 0 aromatic rings. The van der Waals surface area contributed by atoms with Crippen molar-refractivity contribution in [3.8, 4) is 0 Å². The normalized spacial score (nSPS) is 34.5. The van der Waals surface area contributed by atoms with Gasteiger partial charge in [-0.1, -0.05) is 20.8 Å². The number of carbonyl (C=O) groups excluding carboxylic acids is 1. The largest absolute Gasteiger partial charge is 0.410 e. The molecule has 0 radical (unpaired) electrons. The predicted molar refractivity (Wildman–Crippen MR) is 80.2 cm³/mol. The van der Waals surface area contributed by atoms with Crippen molar-refractivity contribution >= 4 is 22.7 Å². The number of hydrogen-bond acceptors (Lipinski definition) is 2. The van der Waals surface area contributed by atoms with Gasteiger partial charge in [0.1, 0.15) is 6.17 Å². The van der Waals surface area contributed by atoms with Gasteiger partial charge in [0.2, 0.25) is 13.9 Å². The summed E-state index contributed by atoms with van der Waals surface area (Å²) in [4.78, 5) is 13.6. The summed E-state index contributed by atoms with van der Waals surface area (Å²) in [6, 6.07) is 0. The Kier molecular flexibility index (Phi) is 3.87. The summed E-state index contributed by atoms with van der Waals surface area (Å²) >= 11 is 0. The lowest BCUT2D eigenvalue weighted by Crippen LogP contribution is -2.48. The van der Waals surface area contributed by atoms with E-state index in [4.69, 9.17) is 4.43 Å². The van der Waals surface area contributed by atoms with E-state index >= 15 is 0 Å². The summed E-state index contributed by atoms with van der Waals surface area (Å²) in [5, 5.41) is 0.107. The minimum absolute atomic E-state index is 0.0895. The van der Waals surface area contributed by atoms with Gasteiger partial charge < -0.3 is 9.33 Å². The number of halogens is 1. The van der Waals surface area contributed by atoms with E-state index in [9.17, 15) is 9.18 Å². The topological polar surface area (TPSA) is 29.5 Å². The second-order valence-corrected chi connectivity index (χ2v) is 14.5. The van der Waals surface area contributed by atoms with Crippen LogP contribution in [0.4, 0.5) is 4.39 Å². The molecule has 0 saturated carbocycles. The highest BCUT2D eigenvalue weighted by atomic mass is 31.3. The lowest BCUT2D eigenvalue weighted by atomic mass is 9.95. The molecule has 2 heterocycles. The molecule has 2 rings (SSSR count). The van der Waals surface area contributed by atoms with Crippen LogP contribution < -0.4 is 0 Å². The molecule has 110 valence electrons. The van der Waals surface area contributed by atoms with Gasteiger partial charge in [0.25, 0.3) is 0 Å². The van der Waals surface area contributed by atoms with Gasteiger partial charge in [-0.25, -0.2) is 4.39 Å². The van der Waals surface area contributed by atoms with E-state index in [0.717, 1.165) is 6.42 Å². The minimum atomic E-state index is -1.93. The number of amides is 1. The van der Waals surface area contributed by atoms with Crippen LogP contribution in [0.25, 0.3) is 0 Å². The molecule has 0 spiro atoms. The van der Waals surface area contributed by atoms with E-state index < -0.39 is 14.2 Å². The third-order valence-corrected chi connectivity index (χ3v) is 11.6. The van der Waals surface area contributed by atoms with Crippen LogP contribution in [0.2, 0.25) is 11.6 Å². The maximum absolute atomic E-state index is 13.7. The lowest BCUT2D eigenvalue weighted by Gasteiger charge is -2.40. The van der Waals surface area contributed by atoms with Crippen molar-refractivity contribution in [2.24, 2.45) is 0 Å². The van der Waals surface area contributed by atoms with Crippen LogP contribution in [0, 0.1) is 0 Å². The van der Waals surface area contributed by atoms with E-state index in [1.54, 1.807) is 4.90 Å². The second kappa shape index (κ2) is 4.78. The number of rotatable bonds is 3. The summed E-state index contributed by atoms with van der Waals surface area (Å²) < 4.78 is 19.9. The fourth-order valence-electron chi connectivity index (χ4n) is 2.77. The summed E-state index contributed by atoms with van der Waals surface area (Å²) in [6.07, 6.45) is 0.838. The van der Waals surface area contributed by atoms with Crippen molar-refractivity contribution in [2.45, 2.75) is 63.3 Å². The number of carbonyl (C=O) groups is 1. The van der Waals surface area contributed by atoms with Crippen LogP contribution in [0.3, 0.4) is 0 Å². The third-order valence-electron chi connectivity index (χ3n) is 4.79. The maximum Gasteiger partial charge on any atom is 0.223 e. The maximum atomic E-state index is 13.7. The van der Waals surface area contributed by atoms with Crippen molar-refractivity contribution in [3.05, 3.63) is 0 Å². The molecule has 0 N–H and O–H groups in total. The molecule has 1 amide bonds. The molecule has 2 fully saturated rings. The van der Waals surface area contributed by atoms with Crippen LogP contribution in [0.1, 0.15) is 40.0 Å². The zero-order chi connectivity index (χ0) is 14.5. The molecule has 0 aliphatic carbocycles. The first-order valence-corrected chi connectivity index (χ1v) is 11.2. The van der Waals surface area contributed by atoms with E-state index in [2.05, 4.69) is 36.1 Å². The Morgan fingerprint density at radius 1 is 1.58 bits per heavy atom. The molecule has 19 heavy (non-hydrogen) atoms. The summed E-state index contributed by atoms with van der Waals surface area (Å²) in [7, 11) is 0.966. The van der Waals surface area contributed by atoms with Crippen LogP contribution in [-0.2, 0) is 9.22 Å². The van der Waals surface area contributed by atoms with Crippen molar-refractivity contribution in [1.82, 2.24) is 4.90 Å². The van der Waals surface area contributed by atoms with E-state index in [1.165, 1.54) is 0 Å². The van der Waals surface area contributed by atoms with Gasteiger partial charge in [-0.05, 0) is 18.0 Å². The van der Waals surface area contributed by atoms with Gasteiger partial charge in [-0.2, -0.15) is 0 Å². The van der Waals surface area contributed by atoms with Gasteiger partial charge in [-0.15, -0.1) is 8.79 Å². The Morgan fingerprint density at radius 3 is 2.79 bits per heavy atom. The first-order valence-electron chi connectivity index (χ1n) is 6.95. The average Bonchev–Trinajstić information content (AvgIpc) is 2.73. The molecule has 2 aliphatic heterocycles. The number of hydrogen-bond donors (Lipinski definition) is 0. The number of nitrogens with zero attached hydrogens (tertiary/aromatic N) is 1. The van der Waals surface area contributed by atoms with Crippen molar-refractivity contribution in [1.29, 1.82) is 0 Å². The first-order chi connectivity index (χ1) is 8.57. The first kappa shape index (κ1) is 15.4. The lowest BCUT2D eigenvalue weighted by molar-refractivity contribution is -0.130. The van der Waals surface area contributed by atoms with Crippen molar-refractivity contribution < 1.29 is 13.6 Å². The Morgan fingerprint density at radius 2 is 2.21 bits per heavy atom. The highest BCUT2D eigenvalue weighted by Crippen LogP contribution is 2.45. The third kappa shape index (κ3) is 2.74. The molecule has 0 bridgehead atoms. The fourth-order valence-corrected chi connectivity index (χ4v) is 4.02. The molecule has 0 aromatic heterocycles. The van der Waals surface area contributed by atoms with E-state index in [1.807, 2.05) is 0 Å². The molecule has 3 nitrogen and oxygen atoms in total. The van der Waals surface area contributed by atoms with E-state index in [-0.39, 0.29) is 23.0 Å². The smallest absolute Gasteiger partial charge is 0.223 e.